The molecule has 2 heteroatoms. The standard InChI is InChI=1S/C19H24FN/c1-3-15-8-10-17(11-9-15)19(4-2)21-13-12-16-6-5-7-18(20)14-16/h5-11,14,19,21H,3-4,12-13H2,1-2H3. The van der Waals surface area contributed by atoms with Gasteiger partial charge in [0.2, 0.25) is 0 Å². The van der Waals surface area contributed by atoms with Crippen LogP contribution in [0.2, 0.25) is 0 Å². The van der Waals surface area contributed by atoms with Crippen LogP contribution in [0.25, 0.3) is 0 Å². The zero-order valence-corrected chi connectivity index (χ0v) is 12.9. The molecule has 0 saturated heterocycles. The first-order valence-corrected chi connectivity index (χ1v) is 7.79. The van der Waals surface area contributed by atoms with Gasteiger partial charge in [0.05, 0.1) is 0 Å². The smallest absolute Gasteiger partial charge is 0.123 e. The molecule has 2 rings (SSSR count). The molecular formula is C19H24FN. The Morgan fingerprint density at radius 1 is 1.00 bits per heavy atom. The van der Waals surface area contributed by atoms with Gasteiger partial charge in [0.1, 0.15) is 5.82 Å². The van der Waals surface area contributed by atoms with E-state index < -0.39 is 0 Å². The maximum atomic E-state index is 13.1. The highest BCUT2D eigenvalue weighted by atomic mass is 19.1. The highest BCUT2D eigenvalue weighted by Crippen LogP contribution is 2.17. The van der Waals surface area contributed by atoms with E-state index in [2.05, 4.69) is 43.4 Å². The second kappa shape index (κ2) is 7.94. The third kappa shape index (κ3) is 4.68. The number of benzene rings is 2. The van der Waals surface area contributed by atoms with Crippen LogP contribution in [0.5, 0.6) is 0 Å². The van der Waals surface area contributed by atoms with Crippen LogP contribution in [0.3, 0.4) is 0 Å². The SMILES string of the molecule is CCc1ccc(C(CC)NCCc2cccc(F)c2)cc1. The molecule has 0 aliphatic heterocycles. The Balaban J connectivity index is 1.90. The molecule has 1 atom stereocenters. The van der Waals surface area contributed by atoms with Crippen molar-refractivity contribution in [3.8, 4) is 0 Å². The number of hydrogen-bond acceptors (Lipinski definition) is 1. The Labute approximate surface area is 127 Å². The maximum Gasteiger partial charge on any atom is 0.123 e. The Hall–Kier alpha value is -1.67. The molecule has 0 bridgehead atoms. The number of halogens is 1. The van der Waals surface area contributed by atoms with E-state index in [1.165, 1.54) is 17.2 Å². The van der Waals surface area contributed by atoms with Gasteiger partial charge in [0, 0.05) is 6.04 Å². The van der Waals surface area contributed by atoms with E-state index in [9.17, 15) is 4.39 Å². The van der Waals surface area contributed by atoms with Crippen molar-refractivity contribution in [1.29, 1.82) is 0 Å². The Kier molecular flexibility index (Phi) is 5.94. The summed E-state index contributed by atoms with van der Waals surface area (Å²) >= 11 is 0. The summed E-state index contributed by atoms with van der Waals surface area (Å²) in [6.07, 6.45) is 2.97. The molecule has 0 heterocycles. The molecule has 0 aliphatic rings. The Morgan fingerprint density at radius 2 is 1.76 bits per heavy atom. The van der Waals surface area contributed by atoms with Crippen molar-refractivity contribution in [3.63, 3.8) is 0 Å². The minimum absolute atomic E-state index is 0.158. The molecular weight excluding hydrogens is 261 g/mol. The van der Waals surface area contributed by atoms with E-state index in [4.69, 9.17) is 0 Å². The minimum Gasteiger partial charge on any atom is -0.310 e. The van der Waals surface area contributed by atoms with Crippen molar-refractivity contribution >= 4 is 0 Å². The minimum atomic E-state index is -0.158. The van der Waals surface area contributed by atoms with Gasteiger partial charge in [-0.05, 0) is 54.6 Å². The molecule has 0 aliphatic carbocycles. The highest BCUT2D eigenvalue weighted by molar-refractivity contribution is 5.25. The molecule has 2 aromatic rings. The molecule has 0 saturated carbocycles. The van der Waals surface area contributed by atoms with Gasteiger partial charge in [0.25, 0.3) is 0 Å². The van der Waals surface area contributed by atoms with Gasteiger partial charge in [-0.3, -0.25) is 0 Å². The summed E-state index contributed by atoms with van der Waals surface area (Å²) in [5.74, 6) is -0.158. The molecule has 0 aromatic heterocycles. The third-order valence-corrected chi connectivity index (χ3v) is 3.89. The second-order valence-electron chi connectivity index (χ2n) is 5.39. The van der Waals surface area contributed by atoms with Crippen LogP contribution >= 0.6 is 0 Å². The van der Waals surface area contributed by atoms with Crippen molar-refractivity contribution in [2.24, 2.45) is 0 Å². The van der Waals surface area contributed by atoms with Crippen LogP contribution in [-0.4, -0.2) is 6.54 Å². The zero-order chi connectivity index (χ0) is 15.1. The first kappa shape index (κ1) is 15.7. The summed E-state index contributed by atoms with van der Waals surface area (Å²) in [5.41, 5.74) is 3.74. The second-order valence-corrected chi connectivity index (χ2v) is 5.39. The van der Waals surface area contributed by atoms with E-state index in [0.717, 1.165) is 31.4 Å². The molecule has 0 amide bonds. The first-order valence-electron chi connectivity index (χ1n) is 7.79. The summed E-state index contributed by atoms with van der Waals surface area (Å²) in [5, 5.41) is 3.57. The molecule has 1 N–H and O–H groups in total. The summed E-state index contributed by atoms with van der Waals surface area (Å²) in [7, 11) is 0. The number of hydrogen-bond donors (Lipinski definition) is 1. The van der Waals surface area contributed by atoms with Crippen LogP contribution in [-0.2, 0) is 12.8 Å². The quantitative estimate of drug-likeness (QED) is 0.779. The maximum absolute atomic E-state index is 13.1. The van der Waals surface area contributed by atoms with Crippen molar-refractivity contribution in [2.75, 3.05) is 6.54 Å². The highest BCUT2D eigenvalue weighted by Gasteiger charge is 2.08. The monoisotopic (exact) mass is 285 g/mol. The summed E-state index contributed by atoms with van der Waals surface area (Å²) in [6, 6.07) is 16.0. The van der Waals surface area contributed by atoms with Crippen molar-refractivity contribution in [1.82, 2.24) is 5.32 Å². The lowest BCUT2D eigenvalue weighted by Gasteiger charge is -2.18. The van der Waals surface area contributed by atoms with Gasteiger partial charge in [-0.1, -0.05) is 50.2 Å². The number of nitrogens with one attached hydrogen (secondary N) is 1. The van der Waals surface area contributed by atoms with Gasteiger partial charge in [0.15, 0.2) is 0 Å². The predicted molar refractivity (Wildman–Crippen MR) is 87.0 cm³/mol. The molecule has 0 spiro atoms. The van der Waals surface area contributed by atoms with Gasteiger partial charge in [-0.15, -0.1) is 0 Å². The van der Waals surface area contributed by atoms with Gasteiger partial charge in [-0.25, -0.2) is 4.39 Å². The number of rotatable bonds is 7. The van der Waals surface area contributed by atoms with Gasteiger partial charge >= 0.3 is 0 Å². The largest absolute Gasteiger partial charge is 0.310 e. The van der Waals surface area contributed by atoms with E-state index in [0.29, 0.717) is 6.04 Å². The summed E-state index contributed by atoms with van der Waals surface area (Å²) in [4.78, 5) is 0. The summed E-state index contributed by atoms with van der Waals surface area (Å²) in [6.45, 7) is 5.22. The summed E-state index contributed by atoms with van der Waals surface area (Å²) < 4.78 is 13.1. The van der Waals surface area contributed by atoms with Gasteiger partial charge < -0.3 is 5.32 Å². The van der Waals surface area contributed by atoms with Gasteiger partial charge in [-0.2, -0.15) is 0 Å². The van der Waals surface area contributed by atoms with E-state index in [1.807, 2.05) is 6.07 Å². The van der Waals surface area contributed by atoms with Crippen molar-refractivity contribution < 1.29 is 4.39 Å². The lowest BCUT2D eigenvalue weighted by atomic mass is 10.0. The molecule has 0 radical (unpaired) electrons. The van der Waals surface area contributed by atoms with Crippen LogP contribution in [0, 0.1) is 5.82 Å². The lowest BCUT2D eigenvalue weighted by Crippen LogP contribution is -2.23. The molecule has 1 unspecified atom stereocenters. The predicted octanol–water partition coefficient (Wildman–Crippen LogP) is 4.67. The van der Waals surface area contributed by atoms with Crippen molar-refractivity contribution in [2.45, 2.75) is 39.2 Å². The lowest BCUT2D eigenvalue weighted by molar-refractivity contribution is 0.522. The molecule has 2 aromatic carbocycles. The fraction of sp³-hybridized carbons (Fsp3) is 0.368. The molecule has 0 fully saturated rings. The van der Waals surface area contributed by atoms with Crippen LogP contribution < -0.4 is 5.32 Å². The average Bonchev–Trinajstić information content (AvgIpc) is 2.52. The fourth-order valence-corrected chi connectivity index (χ4v) is 2.57. The normalized spacial score (nSPS) is 12.3. The average molecular weight is 285 g/mol. The first-order chi connectivity index (χ1) is 10.2. The topological polar surface area (TPSA) is 12.0 Å². The molecule has 1 nitrogen and oxygen atoms in total. The third-order valence-electron chi connectivity index (χ3n) is 3.89. The fourth-order valence-electron chi connectivity index (χ4n) is 2.57. The number of aryl methyl sites for hydroxylation is 1. The van der Waals surface area contributed by atoms with Crippen LogP contribution in [0.15, 0.2) is 48.5 Å². The van der Waals surface area contributed by atoms with Crippen molar-refractivity contribution in [3.05, 3.63) is 71.0 Å². The Bertz CT molecular complexity index is 548. The zero-order valence-electron chi connectivity index (χ0n) is 12.9. The molecule has 21 heavy (non-hydrogen) atoms. The van der Waals surface area contributed by atoms with E-state index >= 15 is 0 Å². The van der Waals surface area contributed by atoms with E-state index in [1.54, 1.807) is 12.1 Å². The van der Waals surface area contributed by atoms with E-state index in [-0.39, 0.29) is 5.82 Å². The Morgan fingerprint density at radius 3 is 2.38 bits per heavy atom. The van der Waals surface area contributed by atoms with Crippen LogP contribution in [0.1, 0.15) is 43.0 Å². The van der Waals surface area contributed by atoms with Crippen LogP contribution in [0.4, 0.5) is 4.39 Å². The molecule has 112 valence electrons.